The van der Waals surface area contributed by atoms with E-state index in [9.17, 15) is 4.79 Å². The Morgan fingerprint density at radius 1 is 1.64 bits per heavy atom. The minimum absolute atomic E-state index is 0.00120. The molecule has 0 spiro atoms. The average Bonchev–Trinajstić information content (AvgIpc) is 2.32. The molecule has 0 saturated carbocycles. The van der Waals surface area contributed by atoms with Gasteiger partial charge >= 0.3 is 5.97 Å². The summed E-state index contributed by atoms with van der Waals surface area (Å²) < 4.78 is 4.91. The van der Waals surface area contributed by atoms with Gasteiger partial charge in [0.25, 0.3) is 0 Å². The molecule has 0 radical (unpaired) electrons. The van der Waals surface area contributed by atoms with Crippen LogP contribution in [0.4, 0.5) is 0 Å². The molecule has 0 bridgehead atoms. The van der Waals surface area contributed by atoms with Crippen LogP contribution in [0, 0.1) is 11.8 Å². The van der Waals surface area contributed by atoms with Gasteiger partial charge in [0.15, 0.2) is 0 Å². The molecule has 0 amide bonds. The average molecular weight is 150 g/mol. The van der Waals surface area contributed by atoms with Crippen LogP contribution < -0.4 is 0 Å². The largest absolute Gasteiger partial charge is 0.465 e. The smallest absolute Gasteiger partial charge is 0.313 e. The summed E-state index contributed by atoms with van der Waals surface area (Å²) in [6.07, 6.45) is 6.03. The third-order valence-corrected chi connectivity index (χ3v) is 2.19. The molecule has 0 N–H and O–H groups in total. The van der Waals surface area contributed by atoms with E-state index >= 15 is 0 Å². The van der Waals surface area contributed by atoms with E-state index in [1.54, 1.807) is 0 Å². The lowest BCUT2D eigenvalue weighted by Crippen LogP contribution is -2.13. The highest BCUT2D eigenvalue weighted by Gasteiger charge is 2.34. The number of ether oxygens (including phenoxy) is 1. The quantitative estimate of drug-likeness (QED) is 0.486. The van der Waals surface area contributed by atoms with Crippen molar-refractivity contribution >= 4 is 5.97 Å². The van der Waals surface area contributed by atoms with E-state index in [0.29, 0.717) is 12.5 Å². The van der Waals surface area contributed by atoms with Gasteiger partial charge < -0.3 is 4.74 Å². The van der Waals surface area contributed by atoms with E-state index in [4.69, 9.17) is 4.74 Å². The van der Waals surface area contributed by atoms with E-state index in [0.717, 1.165) is 0 Å². The second-order valence-corrected chi connectivity index (χ2v) is 3.09. The fourth-order valence-electron chi connectivity index (χ4n) is 1.57. The molecule has 2 atom stereocenters. The van der Waals surface area contributed by atoms with Gasteiger partial charge in [-0.05, 0) is 6.92 Å². The summed E-state index contributed by atoms with van der Waals surface area (Å²) in [6.45, 7) is 2.60. The Kier molecular flexibility index (Phi) is 1.34. The van der Waals surface area contributed by atoms with Crippen LogP contribution in [-0.2, 0) is 9.53 Å². The standard InChI is InChI=1S/C9H10O2/c1-6-2-3-8-7(4-6)5-11-9(8)10/h2-4,7-8H,5H2,1H3. The molecule has 1 saturated heterocycles. The third kappa shape index (κ3) is 0.985. The summed E-state index contributed by atoms with van der Waals surface area (Å²) in [5.41, 5.74) is 1.23. The van der Waals surface area contributed by atoms with Crippen molar-refractivity contribution in [1.82, 2.24) is 0 Å². The maximum Gasteiger partial charge on any atom is 0.313 e. The predicted molar refractivity (Wildman–Crippen MR) is 40.8 cm³/mol. The molecule has 2 aliphatic rings. The Morgan fingerprint density at radius 3 is 3.27 bits per heavy atom. The van der Waals surface area contributed by atoms with E-state index in [-0.39, 0.29) is 11.9 Å². The predicted octanol–water partition coefficient (Wildman–Crippen LogP) is 1.29. The van der Waals surface area contributed by atoms with Gasteiger partial charge in [-0.25, -0.2) is 0 Å². The first-order valence-corrected chi connectivity index (χ1v) is 3.80. The normalized spacial score (nSPS) is 34.6. The first-order chi connectivity index (χ1) is 5.27. The zero-order valence-corrected chi connectivity index (χ0v) is 6.41. The van der Waals surface area contributed by atoms with Crippen LogP contribution in [0.2, 0.25) is 0 Å². The van der Waals surface area contributed by atoms with Crippen molar-refractivity contribution in [3.8, 4) is 0 Å². The molecule has 1 aliphatic heterocycles. The Labute approximate surface area is 65.5 Å². The molecule has 2 heteroatoms. The Hall–Kier alpha value is -1.05. The molecule has 2 nitrogen and oxygen atoms in total. The van der Waals surface area contributed by atoms with E-state index < -0.39 is 0 Å². The third-order valence-electron chi connectivity index (χ3n) is 2.19. The van der Waals surface area contributed by atoms with Gasteiger partial charge in [0, 0.05) is 5.92 Å². The first-order valence-electron chi connectivity index (χ1n) is 3.80. The van der Waals surface area contributed by atoms with Crippen molar-refractivity contribution in [2.24, 2.45) is 11.8 Å². The molecular weight excluding hydrogens is 140 g/mol. The van der Waals surface area contributed by atoms with Crippen LogP contribution in [0.15, 0.2) is 23.8 Å². The number of rotatable bonds is 0. The van der Waals surface area contributed by atoms with Crippen molar-refractivity contribution < 1.29 is 9.53 Å². The minimum Gasteiger partial charge on any atom is -0.465 e. The fraction of sp³-hybridized carbons (Fsp3) is 0.444. The van der Waals surface area contributed by atoms with E-state index in [2.05, 4.69) is 6.08 Å². The van der Waals surface area contributed by atoms with Crippen LogP contribution in [0.3, 0.4) is 0 Å². The lowest BCUT2D eigenvalue weighted by Gasteiger charge is -2.11. The van der Waals surface area contributed by atoms with Crippen LogP contribution in [0.5, 0.6) is 0 Å². The molecule has 2 unspecified atom stereocenters. The molecule has 1 heterocycles. The Bertz CT molecular complexity index is 250. The van der Waals surface area contributed by atoms with Crippen LogP contribution in [0.1, 0.15) is 6.92 Å². The van der Waals surface area contributed by atoms with Crippen molar-refractivity contribution in [3.05, 3.63) is 23.8 Å². The molecule has 11 heavy (non-hydrogen) atoms. The summed E-state index contributed by atoms with van der Waals surface area (Å²) in [7, 11) is 0. The number of fused-ring (bicyclic) bond motifs is 1. The molecule has 0 aromatic carbocycles. The number of carbonyl (C=O) groups is 1. The van der Waals surface area contributed by atoms with Gasteiger partial charge in [0.1, 0.15) is 0 Å². The van der Waals surface area contributed by atoms with Gasteiger partial charge in [-0.2, -0.15) is 0 Å². The van der Waals surface area contributed by atoms with Gasteiger partial charge in [0.05, 0.1) is 12.5 Å². The van der Waals surface area contributed by atoms with E-state index in [1.165, 1.54) is 5.57 Å². The number of cyclic esters (lactones) is 1. The zero-order chi connectivity index (χ0) is 7.84. The lowest BCUT2D eigenvalue weighted by atomic mass is 9.89. The molecular formula is C9H10O2. The van der Waals surface area contributed by atoms with Crippen LogP contribution >= 0.6 is 0 Å². The van der Waals surface area contributed by atoms with Crippen LogP contribution in [-0.4, -0.2) is 12.6 Å². The summed E-state index contributed by atoms with van der Waals surface area (Å²) in [6, 6.07) is 0. The molecule has 1 aliphatic carbocycles. The molecule has 2 rings (SSSR count). The number of allylic oxidation sites excluding steroid dienone is 2. The summed E-state index contributed by atoms with van der Waals surface area (Å²) in [5, 5.41) is 0. The van der Waals surface area contributed by atoms with Crippen molar-refractivity contribution in [3.63, 3.8) is 0 Å². The minimum atomic E-state index is -0.0741. The highest BCUT2D eigenvalue weighted by Crippen LogP contribution is 2.29. The number of esters is 1. The maximum atomic E-state index is 11.0. The summed E-state index contributed by atoms with van der Waals surface area (Å²) in [5.74, 6) is 0.223. The van der Waals surface area contributed by atoms with E-state index in [1.807, 2.05) is 19.1 Å². The van der Waals surface area contributed by atoms with Crippen molar-refractivity contribution in [2.75, 3.05) is 6.61 Å². The first kappa shape index (κ1) is 6.65. The van der Waals surface area contributed by atoms with Gasteiger partial charge in [-0.3, -0.25) is 4.79 Å². The monoisotopic (exact) mass is 150 g/mol. The fourth-order valence-corrected chi connectivity index (χ4v) is 1.57. The SMILES string of the molecule is CC1=CC2COC(=O)C2C=C1. The Morgan fingerprint density at radius 2 is 2.45 bits per heavy atom. The maximum absolute atomic E-state index is 11.0. The highest BCUT2D eigenvalue weighted by molar-refractivity contribution is 5.77. The molecule has 0 aromatic rings. The van der Waals surface area contributed by atoms with Crippen LogP contribution in [0.25, 0.3) is 0 Å². The topological polar surface area (TPSA) is 26.3 Å². The Balaban J connectivity index is 2.27. The number of hydrogen-bond acceptors (Lipinski definition) is 2. The lowest BCUT2D eigenvalue weighted by molar-refractivity contribution is -0.140. The number of carbonyl (C=O) groups excluding carboxylic acids is 1. The second-order valence-electron chi connectivity index (χ2n) is 3.09. The zero-order valence-electron chi connectivity index (χ0n) is 6.41. The van der Waals surface area contributed by atoms with Gasteiger partial charge in [-0.15, -0.1) is 0 Å². The molecule has 58 valence electrons. The molecule has 1 fully saturated rings. The second kappa shape index (κ2) is 2.22. The van der Waals surface area contributed by atoms with Gasteiger partial charge in [-0.1, -0.05) is 23.8 Å². The van der Waals surface area contributed by atoms with Crippen molar-refractivity contribution in [1.29, 1.82) is 0 Å². The number of hydrogen-bond donors (Lipinski definition) is 0. The van der Waals surface area contributed by atoms with Crippen molar-refractivity contribution in [2.45, 2.75) is 6.92 Å². The highest BCUT2D eigenvalue weighted by atomic mass is 16.5. The molecule has 0 aromatic heterocycles. The summed E-state index contributed by atoms with van der Waals surface area (Å²) in [4.78, 5) is 11.0. The summed E-state index contributed by atoms with van der Waals surface area (Å²) >= 11 is 0. The van der Waals surface area contributed by atoms with Gasteiger partial charge in [0.2, 0.25) is 0 Å².